The number of nitrogens with zero attached hydrogens (tertiary/aromatic N) is 1. The second kappa shape index (κ2) is 10.7. The zero-order valence-electron chi connectivity index (χ0n) is 17.3. The average Bonchev–Trinajstić information content (AvgIpc) is 3.37. The van der Waals surface area contributed by atoms with Crippen molar-refractivity contribution in [2.75, 3.05) is 18.4 Å². The van der Waals surface area contributed by atoms with Gasteiger partial charge in [-0.3, -0.25) is 4.79 Å². The molecule has 4 N–H and O–H groups in total. The fraction of sp³-hybridized carbons (Fsp3) is 0.550. The van der Waals surface area contributed by atoms with Crippen molar-refractivity contribution in [2.45, 2.75) is 55.1 Å². The van der Waals surface area contributed by atoms with E-state index in [1.165, 1.54) is 30.7 Å². The molecule has 7 nitrogen and oxygen atoms in total. The van der Waals surface area contributed by atoms with Gasteiger partial charge in [-0.15, -0.1) is 11.8 Å². The first-order valence-electron chi connectivity index (χ1n) is 10.3. The number of anilines is 1. The molecule has 1 saturated heterocycles. The van der Waals surface area contributed by atoms with Gasteiger partial charge in [-0.05, 0) is 25.0 Å². The van der Waals surface area contributed by atoms with E-state index in [2.05, 4.69) is 20.6 Å². The predicted molar refractivity (Wildman–Crippen MR) is 115 cm³/mol. The zero-order chi connectivity index (χ0) is 24.2. The number of alkyl halides is 4. The highest BCUT2D eigenvalue weighted by atomic mass is 32.2. The third kappa shape index (κ3) is 6.79. The van der Waals surface area contributed by atoms with Gasteiger partial charge in [0.05, 0.1) is 16.5 Å². The highest BCUT2D eigenvalue weighted by Gasteiger charge is 2.38. The number of rotatable bonds is 5. The Kier molecular flexibility index (Phi) is 8.16. The lowest BCUT2D eigenvalue weighted by molar-refractivity contribution is -0.192. The molecule has 2 heterocycles. The number of hydrogen-bond acceptors (Lipinski definition) is 6. The molecule has 0 amide bonds. The molecule has 0 spiro atoms. The maximum Gasteiger partial charge on any atom is 0.490 e. The van der Waals surface area contributed by atoms with Gasteiger partial charge in [-0.25, -0.2) is 18.6 Å². The van der Waals surface area contributed by atoms with E-state index in [-0.39, 0.29) is 10.6 Å². The molecule has 33 heavy (non-hydrogen) atoms. The second-order valence-corrected chi connectivity index (χ2v) is 9.04. The summed E-state index contributed by atoms with van der Waals surface area (Å²) in [7, 11) is 0. The Morgan fingerprint density at radius 2 is 1.91 bits per heavy atom. The van der Waals surface area contributed by atoms with Crippen LogP contribution in [-0.4, -0.2) is 57.8 Å². The Labute approximate surface area is 189 Å². The van der Waals surface area contributed by atoms with Gasteiger partial charge in [0.15, 0.2) is 0 Å². The lowest BCUT2D eigenvalue weighted by Crippen LogP contribution is -2.21. The maximum absolute atomic E-state index is 14.4. The highest BCUT2D eigenvalue weighted by molar-refractivity contribution is 7.99. The minimum Gasteiger partial charge on any atom is -0.475 e. The van der Waals surface area contributed by atoms with Crippen LogP contribution in [0.15, 0.2) is 16.9 Å². The molecule has 4 rings (SSSR count). The van der Waals surface area contributed by atoms with Crippen LogP contribution < -0.4 is 16.2 Å². The summed E-state index contributed by atoms with van der Waals surface area (Å²) in [4.78, 5) is 28.2. The third-order valence-corrected chi connectivity index (χ3v) is 6.63. The van der Waals surface area contributed by atoms with Crippen molar-refractivity contribution >= 4 is 34.3 Å². The van der Waals surface area contributed by atoms with Gasteiger partial charge in [0.25, 0.3) is 5.56 Å². The SMILES string of the molecule is O=C(O)C(F)(F)F.O=c1[nH]c(CS[C@H]2CNC[C@H]2F)nc2cc(NC3CCCC3)cc(F)c12. The van der Waals surface area contributed by atoms with Crippen LogP contribution >= 0.6 is 11.8 Å². The summed E-state index contributed by atoms with van der Waals surface area (Å²) in [5.41, 5.74) is 0.505. The van der Waals surface area contributed by atoms with Crippen LogP contribution in [0.3, 0.4) is 0 Å². The van der Waals surface area contributed by atoms with Crippen LogP contribution in [0.1, 0.15) is 31.5 Å². The van der Waals surface area contributed by atoms with E-state index in [0.717, 1.165) is 12.8 Å². The van der Waals surface area contributed by atoms with Crippen molar-refractivity contribution in [2.24, 2.45) is 0 Å². The molecule has 2 aromatic rings. The van der Waals surface area contributed by atoms with Crippen molar-refractivity contribution in [1.29, 1.82) is 0 Å². The molecule has 13 heteroatoms. The standard InChI is InChI=1S/C18H22F2N4OS.C2HF3O2/c19-12-5-11(22-10-3-1-2-4-10)6-14-17(12)18(25)24-16(23-14)9-26-15-8-21-7-13(15)20;3-2(4,5)1(6)7/h5-6,10,13,15,21-22H,1-4,7-9H2,(H,23,24,25);(H,6,7)/t13-,15+;/m1./s1. The fourth-order valence-corrected chi connectivity index (χ4v) is 4.75. The molecule has 1 aliphatic heterocycles. The van der Waals surface area contributed by atoms with Gasteiger partial charge >= 0.3 is 12.1 Å². The van der Waals surface area contributed by atoms with Gasteiger partial charge in [-0.2, -0.15) is 13.2 Å². The Morgan fingerprint density at radius 1 is 1.24 bits per heavy atom. The van der Waals surface area contributed by atoms with Gasteiger partial charge in [0, 0.05) is 24.8 Å². The lowest BCUT2D eigenvalue weighted by Gasteiger charge is -2.14. The normalized spacial score (nSPS) is 21.1. The van der Waals surface area contributed by atoms with Crippen LogP contribution in [0.4, 0.5) is 27.6 Å². The number of carboxylic acid groups (broad SMARTS) is 1. The first-order chi connectivity index (χ1) is 15.5. The van der Waals surface area contributed by atoms with E-state index >= 15 is 0 Å². The van der Waals surface area contributed by atoms with Gasteiger partial charge < -0.3 is 20.7 Å². The number of H-pyrrole nitrogens is 1. The summed E-state index contributed by atoms with van der Waals surface area (Å²) in [5.74, 6) is -2.49. The molecule has 1 saturated carbocycles. The number of aliphatic carboxylic acids is 1. The first-order valence-corrected chi connectivity index (χ1v) is 11.3. The monoisotopic (exact) mass is 494 g/mol. The minimum absolute atomic E-state index is 0.0263. The fourth-order valence-electron chi connectivity index (χ4n) is 3.70. The summed E-state index contributed by atoms with van der Waals surface area (Å²) in [5, 5.41) is 13.3. The predicted octanol–water partition coefficient (Wildman–Crippen LogP) is 3.59. The van der Waals surface area contributed by atoms with E-state index < -0.39 is 29.7 Å². The number of benzene rings is 1. The number of fused-ring (bicyclic) bond motifs is 1. The molecule has 1 aromatic heterocycles. The molecule has 0 radical (unpaired) electrons. The first kappa shape index (κ1) is 25.2. The molecule has 2 aliphatic rings. The molecule has 0 bridgehead atoms. The number of aromatic amines is 1. The number of carbonyl (C=O) groups is 1. The summed E-state index contributed by atoms with van der Waals surface area (Å²) in [6.07, 6.45) is -1.47. The minimum atomic E-state index is -5.08. The molecular formula is C20H23F5N4O3S. The molecule has 0 unspecified atom stereocenters. The van der Waals surface area contributed by atoms with Gasteiger partial charge in [0.2, 0.25) is 0 Å². The number of hydrogen-bond donors (Lipinski definition) is 4. The number of carboxylic acids is 1. The van der Waals surface area contributed by atoms with E-state index in [1.807, 2.05) is 0 Å². The third-order valence-electron chi connectivity index (χ3n) is 5.30. The van der Waals surface area contributed by atoms with Crippen LogP contribution in [0.5, 0.6) is 0 Å². The summed E-state index contributed by atoms with van der Waals surface area (Å²) < 4.78 is 59.9. The number of thioether (sulfide) groups is 1. The largest absolute Gasteiger partial charge is 0.490 e. The smallest absolute Gasteiger partial charge is 0.475 e. The molecular weight excluding hydrogens is 471 g/mol. The Hall–Kier alpha value is -2.41. The zero-order valence-corrected chi connectivity index (χ0v) is 18.2. The van der Waals surface area contributed by atoms with E-state index in [1.54, 1.807) is 6.07 Å². The summed E-state index contributed by atoms with van der Waals surface area (Å²) in [6.45, 7) is 0.967. The van der Waals surface area contributed by atoms with Crippen molar-refractivity contribution in [3.05, 3.63) is 34.1 Å². The number of nitrogens with one attached hydrogen (secondary N) is 3. The molecule has 182 valence electrons. The molecule has 2 fully saturated rings. The van der Waals surface area contributed by atoms with Crippen LogP contribution in [0.25, 0.3) is 10.9 Å². The van der Waals surface area contributed by atoms with E-state index in [0.29, 0.717) is 41.9 Å². The summed E-state index contributed by atoms with van der Waals surface area (Å²) >= 11 is 1.42. The van der Waals surface area contributed by atoms with Crippen molar-refractivity contribution in [3.63, 3.8) is 0 Å². The van der Waals surface area contributed by atoms with Gasteiger partial charge in [0.1, 0.15) is 23.2 Å². The topological polar surface area (TPSA) is 107 Å². The Morgan fingerprint density at radius 3 is 2.48 bits per heavy atom. The maximum atomic E-state index is 14.4. The van der Waals surface area contributed by atoms with Crippen molar-refractivity contribution in [1.82, 2.24) is 15.3 Å². The van der Waals surface area contributed by atoms with Crippen molar-refractivity contribution in [3.8, 4) is 0 Å². The average molecular weight is 494 g/mol. The van der Waals surface area contributed by atoms with Gasteiger partial charge in [-0.1, -0.05) is 12.8 Å². The van der Waals surface area contributed by atoms with Crippen LogP contribution in [0, 0.1) is 5.82 Å². The quantitative estimate of drug-likeness (QED) is 0.471. The number of aromatic nitrogens is 2. The lowest BCUT2D eigenvalue weighted by atomic mass is 10.2. The summed E-state index contributed by atoms with van der Waals surface area (Å²) in [6, 6.07) is 3.44. The molecule has 1 aromatic carbocycles. The number of halogens is 5. The van der Waals surface area contributed by atoms with E-state index in [9.17, 15) is 26.7 Å². The second-order valence-electron chi connectivity index (χ2n) is 7.82. The van der Waals surface area contributed by atoms with Crippen molar-refractivity contribution < 1.29 is 31.9 Å². The van der Waals surface area contributed by atoms with E-state index in [4.69, 9.17) is 9.90 Å². The molecule has 2 atom stereocenters. The van der Waals surface area contributed by atoms with Crippen LogP contribution in [-0.2, 0) is 10.5 Å². The highest BCUT2D eigenvalue weighted by Crippen LogP contribution is 2.26. The van der Waals surface area contributed by atoms with Crippen LogP contribution in [0.2, 0.25) is 0 Å². The molecule has 1 aliphatic carbocycles. The Bertz CT molecular complexity index is 1040. The Balaban J connectivity index is 0.000000383.